The molecule has 2 aromatic heterocycles. The summed E-state index contributed by atoms with van der Waals surface area (Å²) in [5.41, 5.74) is 1.64. The quantitative estimate of drug-likeness (QED) is 0.632. The Kier molecular flexibility index (Phi) is 6.23. The fourth-order valence-electron chi connectivity index (χ4n) is 4.10. The van der Waals surface area contributed by atoms with Gasteiger partial charge in [0.15, 0.2) is 0 Å². The number of amides is 1. The topological polar surface area (TPSA) is 89.2 Å². The first kappa shape index (κ1) is 22.0. The van der Waals surface area contributed by atoms with Crippen LogP contribution >= 0.6 is 0 Å². The number of benzene rings is 1. The largest absolute Gasteiger partial charge is 0.393 e. The number of pyridine rings is 1. The van der Waals surface area contributed by atoms with Gasteiger partial charge in [-0.1, -0.05) is 0 Å². The molecule has 1 aromatic carbocycles. The van der Waals surface area contributed by atoms with Crippen LogP contribution in [0.3, 0.4) is 0 Å². The molecule has 168 valence electrons. The number of nitrogens with one attached hydrogen (secondary N) is 1. The number of carbonyl (C=O) groups excluding carboxylic acids is 1. The summed E-state index contributed by atoms with van der Waals surface area (Å²) >= 11 is 0. The van der Waals surface area contributed by atoms with E-state index in [1.807, 2.05) is 13.8 Å². The number of anilines is 1. The van der Waals surface area contributed by atoms with Crippen LogP contribution in [0.25, 0.3) is 16.9 Å². The van der Waals surface area contributed by atoms with E-state index in [0.29, 0.717) is 48.4 Å². The maximum Gasteiger partial charge on any atom is 0.333 e. The van der Waals surface area contributed by atoms with Gasteiger partial charge in [0.1, 0.15) is 11.6 Å². The summed E-state index contributed by atoms with van der Waals surface area (Å²) in [5.74, 6) is -0.245. The number of aliphatic hydroxyl groups is 1. The maximum atomic E-state index is 13.5. The van der Waals surface area contributed by atoms with Gasteiger partial charge in [0.2, 0.25) is 5.91 Å². The van der Waals surface area contributed by atoms with E-state index >= 15 is 0 Å². The molecule has 0 atom stereocenters. The first-order valence-electron chi connectivity index (χ1n) is 10.9. The Morgan fingerprint density at radius 2 is 1.84 bits per heavy atom. The smallest absolute Gasteiger partial charge is 0.333 e. The van der Waals surface area contributed by atoms with E-state index < -0.39 is 0 Å². The molecule has 1 amide bonds. The van der Waals surface area contributed by atoms with Crippen molar-refractivity contribution in [3.05, 3.63) is 65.1 Å². The van der Waals surface area contributed by atoms with E-state index in [1.165, 1.54) is 16.7 Å². The van der Waals surface area contributed by atoms with Crippen molar-refractivity contribution in [3.8, 4) is 16.9 Å². The number of hydrogen-bond acceptors (Lipinski definition) is 4. The predicted molar refractivity (Wildman–Crippen MR) is 120 cm³/mol. The van der Waals surface area contributed by atoms with Crippen molar-refractivity contribution >= 4 is 11.7 Å². The second-order valence-corrected chi connectivity index (χ2v) is 8.53. The van der Waals surface area contributed by atoms with Crippen LogP contribution in [-0.2, 0) is 4.79 Å². The lowest BCUT2D eigenvalue weighted by Crippen LogP contribution is -2.29. The van der Waals surface area contributed by atoms with Crippen molar-refractivity contribution in [1.29, 1.82) is 0 Å². The normalized spacial score (nSPS) is 18.7. The highest BCUT2D eigenvalue weighted by atomic mass is 19.1. The Balaban J connectivity index is 1.68. The summed E-state index contributed by atoms with van der Waals surface area (Å²) in [6.07, 6.45) is 5.56. The van der Waals surface area contributed by atoms with Crippen molar-refractivity contribution in [3.63, 3.8) is 0 Å². The van der Waals surface area contributed by atoms with Gasteiger partial charge in [-0.2, -0.15) is 0 Å². The molecule has 0 saturated heterocycles. The lowest BCUT2D eigenvalue weighted by molar-refractivity contribution is -0.121. The second-order valence-electron chi connectivity index (χ2n) is 8.53. The molecule has 0 aliphatic heterocycles. The summed E-state index contributed by atoms with van der Waals surface area (Å²) in [4.78, 5) is 30.0. The van der Waals surface area contributed by atoms with Gasteiger partial charge in [-0.15, -0.1) is 0 Å². The first-order valence-corrected chi connectivity index (χ1v) is 10.9. The minimum Gasteiger partial charge on any atom is -0.393 e. The SMILES string of the molecule is CC(C)n1cc(-c2ccnc(NC(=O)C3CCC(O)CC3)c2)n(-c2ccc(F)cc2)c1=O. The van der Waals surface area contributed by atoms with E-state index in [4.69, 9.17) is 0 Å². The zero-order valence-electron chi connectivity index (χ0n) is 18.2. The molecule has 1 fully saturated rings. The molecule has 1 aliphatic carbocycles. The van der Waals surface area contributed by atoms with E-state index in [2.05, 4.69) is 10.3 Å². The first-order chi connectivity index (χ1) is 15.3. The fraction of sp³-hybridized carbons (Fsp3) is 0.375. The van der Waals surface area contributed by atoms with E-state index in [-0.39, 0.29) is 35.5 Å². The third-order valence-electron chi connectivity index (χ3n) is 5.93. The van der Waals surface area contributed by atoms with Crippen molar-refractivity contribution in [2.75, 3.05) is 5.32 Å². The molecule has 2 N–H and O–H groups in total. The number of imidazole rings is 1. The summed E-state index contributed by atoms with van der Waals surface area (Å²) in [5, 5.41) is 12.5. The third kappa shape index (κ3) is 4.50. The Bertz CT molecular complexity index is 1160. The molecule has 3 aromatic rings. The molecule has 0 spiro atoms. The van der Waals surface area contributed by atoms with E-state index in [9.17, 15) is 19.1 Å². The molecule has 0 radical (unpaired) electrons. The maximum absolute atomic E-state index is 13.5. The van der Waals surface area contributed by atoms with Crippen LogP contribution < -0.4 is 11.0 Å². The third-order valence-corrected chi connectivity index (χ3v) is 5.93. The van der Waals surface area contributed by atoms with Gasteiger partial charge in [0, 0.05) is 29.9 Å². The molecule has 32 heavy (non-hydrogen) atoms. The van der Waals surface area contributed by atoms with Crippen molar-refractivity contribution in [2.24, 2.45) is 5.92 Å². The molecular formula is C24H27FN4O3. The van der Waals surface area contributed by atoms with Gasteiger partial charge in [-0.25, -0.2) is 14.2 Å². The molecule has 1 aliphatic rings. The zero-order valence-corrected chi connectivity index (χ0v) is 18.2. The fourth-order valence-corrected chi connectivity index (χ4v) is 4.10. The van der Waals surface area contributed by atoms with Crippen LogP contribution in [0, 0.1) is 11.7 Å². The highest BCUT2D eigenvalue weighted by molar-refractivity contribution is 5.92. The standard InChI is InChI=1S/C24H27FN4O3/c1-15(2)28-14-21(29(24(28)32)19-7-5-18(25)6-8-19)17-11-12-26-22(13-17)27-23(31)16-3-9-20(30)10-4-16/h5-8,11-16,20,30H,3-4,9-10H2,1-2H3,(H,26,27,31). The Morgan fingerprint density at radius 1 is 1.16 bits per heavy atom. The van der Waals surface area contributed by atoms with E-state index in [0.717, 1.165) is 0 Å². The van der Waals surface area contributed by atoms with Gasteiger partial charge in [0.25, 0.3) is 0 Å². The molecule has 8 heteroatoms. The average Bonchev–Trinajstić information content (AvgIpc) is 3.12. The summed E-state index contributed by atoms with van der Waals surface area (Å²) < 4.78 is 16.6. The van der Waals surface area contributed by atoms with Gasteiger partial charge in [-0.3, -0.25) is 13.9 Å². The Hall–Kier alpha value is -3.26. The van der Waals surface area contributed by atoms with Crippen LogP contribution in [-0.4, -0.2) is 31.2 Å². The zero-order chi connectivity index (χ0) is 22.8. The highest BCUT2D eigenvalue weighted by Gasteiger charge is 2.25. The van der Waals surface area contributed by atoms with E-state index in [1.54, 1.807) is 41.2 Å². The lowest BCUT2D eigenvalue weighted by Gasteiger charge is -2.24. The van der Waals surface area contributed by atoms with Gasteiger partial charge in [-0.05, 0) is 75.9 Å². The molecule has 0 bridgehead atoms. The number of hydrogen-bond donors (Lipinski definition) is 2. The number of carbonyl (C=O) groups is 1. The van der Waals surface area contributed by atoms with Crippen molar-refractivity contribution in [1.82, 2.24) is 14.1 Å². The summed E-state index contributed by atoms with van der Waals surface area (Å²) in [6, 6.07) is 9.19. The number of nitrogens with zero attached hydrogens (tertiary/aromatic N) is 3. The summed E-state index contributed by atoms with van der Waals surface area (Å²) in [6.45, 7) is 3.83. The number of rotatable bonds is 5. The number of aliphatic hydroxyl groups excluding tert-OH is 1. The highest BCUT2D eigenvalue weighted by Crippen LogP contribution is 2.27. The monoisotopic (exact) mass is 438 g/mol. The minimum absolute atomic E-state index is 0.0642. The molecular weight excluding hydrogens is 411 g/mol. The molecule has 0 unspecified atom stereocenters. The van der Waals surface area contributed by atoms with Crippen LogP contribution in [0.1, 0.15) is 45.6 Å². The minimum atomic E-state index is -0.379. The summed E-state index contributed by atoms with van der Waals surface area (Å²) in [7, 11) is 0. The van der Waals surface area contributed by atoms with Gasteiger partial charge < -0.3 is 10.4 Å². The van der Waals surface area contributed by atoms with Crippen LogP contribution in [0.15, 0.2) is 53.6 Å². The molecule has 2 heterocycles. The number of aromatic nitrogens is 3. The van der Waals surface area contributed by atoms with Crippen LogP contribution in [0.2, 0.25) is 0 Å². The molecule has 4 rings (SSSR count). The van der Waals surface area contributed by atoms with Crippen molar-refractivity contribution < 1.29 is 14.3 Å². The average molecular weight is 439 g/mol. The second kappa shape index (κ2) is 9.08. The Labute approximate surface area is 185 Å². The van der Waals surface area contributed by atoms with Crippen molar-refractivity contribution in [2.45, 2.75) is 51.7 Å². The van der Waals surface area contributed by atoms with Gasteiger partial charge in [0.05, 0.1) is 17.5 Å². The van der Waals surface area contributed by atoms with Gasteiger partial charge >= 0.3 is 5.69 Å². The predicted octanol–water partition coefficient (Wildman–Crippen LogP) is 3.91. The van der Waals surface area contributed by atoms with Crippen LogP contribution in [0.4, 0.5) is 10.2 Å². The molecule has 1 saturated carbocycles. The lowest BCUT2D eigenvalue weighted by atomic mass is 9.87. The number of halogens is 1. The Morgan fingerprint density at radius 3 is 2.50 bits per heavy atom. The van der Waals surface area contributed by atoms with Crippen LogP contribution in [0.5, 0.6) is 0 Å². The molecule has 7 nitrogen and oxygen atoms in total.